The van der Waals surface area contributed by atoms with E-state index in [4.69, 9.17) is 0 Å². The number of amides is 1. The first-order valence-electron chi connectivity index (χ1n) is 6.47. The fraction of sp³-hybridized carbons (Fsp3) is 0.133. The Labute approximate surface area is 136 Å². The third-order valence-corrected chi connectivity index (χ3v) is 4.11. The molecule has 2 nitrogen and oxygen atoms in total. The molecule has 0 aliphatic carbocycles. The minimum atomic E-state index is -2.27. The number of carbonyl (C=O) groups excluding carboxylic acids is 1. The van der Waals surface area contributed by atoms with Crippen LogP contribution in [0.4, 0.5) is 32.0 Å². The highest BCUT2D eigenvalue weighted by atomic mass is 32.2. The van der Waals surface area contributed by atoms with Gasteiger partial charge in [-0.05, 0) is 31.2 Å². The van der Waals surface area contributed by atoms with E-state index in [1.807, 2.05) is 0 Å². The van der Waals surface area contributed by atoms with E-state index < -0.39 is 51.0 Å². The van der Waals surface area contributed by atoms with E-state index in [-0.39, 0.29) is 17.4 Å². The monoisotopic (exact) mass is 365 g/mol. The van der Waals surface area contributed by atoms with Gasteiger partial charge in [-0.15, -0.1) is 11.8 Å². The molecule has 0 radical (unpaired) electrons. The fourth-order valence-electron chi connectivity index (χ4n) is 1.70. The number of benzene rings is 2. The van der Waals surface area contributed by atoms with Gasteiger partial charge in [0.05, 0.1) is 10.1 Å². The summed E-state index contributed by atoms with van der Waals surface area (Å²) in [4.78, 5) is 10.8. The Morgan fingerprint density at radius 3 is 1.83 bits per heavy atom. The highest BCUT2D eigenvalue weighted by Gasteiger charge is 2.28. The lowest BCUT2D eigenvalue weighted by Gasteiger charge is -2.14. The molecule has 2 rings (SSSR count). The van der Waals surface area contributed by atoms with Crippen molar-refractivity contribution in [2.45, 2.75) is 17.1 Å². The highest BCUT2D eigenvalue weighted by Crippen LogP contribution is 2.33. The number of nitrogens with one attached hydrogen (secondary N) is 1. The molecule has 9 heteroatoms. The molecule has 0 unspecified atom stereocenters. The number of hydrogen-bond acceptors (Lipinski definition) is 2. The van der Waals surface area contributed by atoms with Crippen molar-refractivity contribution in [3.63, 3.8) is 0 Å². The maximum Gasteiger partial charge on any atom is 0.237 e. The van der Waals surface area contributed by atoms with E-state index in [2.05, 4.69) is 5.32 Å². The first-order valence-corrected chi connectivity index (χ1v) is 7.34. The number of carbonyl (C=O) groups is 1. The molecule has 0 saturated carbocycles. The Balaban J connectivity index is 2.19. The Bertz CT molecular complexity index is 752. The zero-order chi connectivity index (χ0) is 18.0. The number of halogens is 6. The minimum Gasteiger partial charge on any atom is -0.325 e. The summed E-state index contributed by atoms with van der Waals surface area (Å²) in [5.74, 6) is -11.7. The number of thioether (sulfide) groups is 1. The second kappa shape index (κ2) is 7.16. The predicted octanol–water partition coefficient (Wildman–Crippen LogP) is 4.64. The van der Waals surface area contributed by atoms with Gasteiger partial charge in [0.15, 0.2) is 23.3 Å². The van der Waals surface area contributed by atoms with E-state index in [1.54, 1.807) is 0 Å². The Kier molecular flexibility index (Phi) is 5.43. The molecule has 2 aromatic carbocycles. The van der Waals surface area contributed by atoms with Crippen LogP contribution < -0.4 is 5.32 Å². The zero-order valence-corrected chi connectivity index (χ0v) is 12.8. The summed E-state index contributed by atoms with van der Waals surface area (Å²) in [6, 6.07) is 4.67. The highest BCUT2D eigenvalue weighted by molar-refractivity contribution is 8.00. The van der Waals surface area contributed by atoms with Crippen molar-refractivity contribution in [2.75, 3.05) is 5.32 Å². The predicted molar refractivity (Wildman–Crippen MR) is 76.6 cm³/mol. The largest absolute Gasteiger partial charge is 0.325 e. The average Bonchev–Trinajstić information content (AvgIpc) is 2.57. The van der Waals surface area contributed by atoms with Crippen LogP contribution in [-0.4, -0.2) is 11.2 Å². The van der Waals surface area contributed by atoms with Gasteiger partial charge in [0, 0.05) is 5.69 Å². The lowest BCUT2D eigenvalue weighted by Crippen LogP contribution is -2.23. The van der Waals surface area contributed by atoms with Crippen LogP contribution >= 0.6 is 11.8 Å². The van der Waals surface area contributed by atoms with Crippen LogP contribution in [0, 0.1) is 34.9 Å². The van der Waals surface area contributed by atoms with Crippen LogP contribution in [-0.2, 0) is 4.79 Å². The first kappa shape index (κ1) is 18.2. The van der Waals surface area contributed by atoms with Crippen molar-refractivity contribution < 1.29 is 31.1 Å². The summed E-state index contributed by atoms with van der Waals surface area (Å²) in [5.41, 5.74) is 0.214. The third kappa shape index (κ3) is 3.66. The van der Waals surface area contributed by atoms with Gasteiger partial charge in [0.25, 0.3) is 0 Å². The summed E-state index contributed by atoms with van der Waals surface area (Å²) in [6.45, 7) is 1.22. The molecule has 0 aliphatic rings. The molecule has 24 heavy (non-hydrogen) atoms. The van der Waals surface area contributed by atoms with E-state index in [0.717, 1.165) is 12.1 Å². The van der Waals surface area contributed by atoms with Gasteiger partial charge in [-0.1, -0.05) is 0 Å². The molecule has 0 heterocycles. The molecule has 0 aliphatic heterocycles. The van der Waals surface area contributed by atoms with Crippen LogP contribution in [0.1, 0.15) is 6.92 Å². The van der Waals surface area contributed by atoms with Crippen LogP contribution in [0.5, 0.6) is 0 Å². The smallest absolute Gasteiger partial charge is 0.237 e. The normalized spacial score (nSPS) is 12.1. The SMILES string of the molecule is C[C@@H](Sc1c(F)c(F)c(F)c(F)c1F)C(=O)Nc1ccc(F)cc1. The molecule has 1 atom stereocenters. The van der Waals surface area contributed by atoms with Gasteiger partial charge in [-0.25, -0.2) is 26.3 Å². The van der Waals surface area contributed by atoms with Crippen LogP contribution in [0.2, 0.25) is 0 Å². The second-order valence-electron chi connectivity index (χ2n) is 4.66. The topological polar surface area (TPSA) is 29.1 Å². The van der Waals surface area contributed by atoms with Crippen molar-refractivity contribution >= 4 is 23.4 Å². The van der Waals surface area contributed by atoms with Gasteiger partial charge in [0.2, 0.25) is 11.7 Å². The average molecular weight is 365 g/mol. The van der Waals surface area contributed by atoms with Crippen LogP contribution in [0.15, 0.2) is 29.2 Å². The van der Waals surface area contributed by atoms with Crippen LogP contribution in [0.25, 0.3) is 0 Å². The molecule has 0 fully saturated rings. The van der Waals surface area contributed by atoms with Crippen molar-refractivity contribution in [1.82, 2.24) is 0 Å². The Hall–Kier alpha value is -2.16. The van der Waals surface area contributed by atoms with Gasteiger partial charge < -0.3 is 5.32 Å². The summed E-state index contributed by atoms with van der Waals surface area (Å²) in [7, 11) is 0. The molecule has 1 amide bonds. The van der Waals surface area contributed by atoms with Crippen molar-refractivity contribution in [3.05, 3.63) is 59.2 Å². The first-order chi connectivity index (χ1) is 11.2. The lowest BCUT2D eigenvalue weighted by molar-refractivity contribution is -0.115. The molecular formula is C15H9F6NOS. The summed E-state index contributed by atoms with van der Waals surface area (Å²) in [5, 5.41) is 1.16. The minimum absolute atomic E-state index is 0.182. The van der Waals surface area contributed by atoms with Crippen LogP contribution in [0.3, 0.4) is 0 Å². The molecule has 0 saturated heterocycles. The van der Waals surface area contributed by atoms with Crippen molar-refractivity contribution in [3.8, 4) is 0 Å². The van der Waals surface area contributed by atoms with Gasteiger partial charge in [-0.3, -0.25) is 4.79 Å². The van der Waals surface area contributed by atoms with Crippen molar-refractivity contribution in [2.24, 2.45) is 0 Å². The van der Waals surface area contributed by atoms with Gasteiger partial charge >= 0.3 is 0 Å². The maximum absolute atomic E-state index is 13.6. The Morgan fingerprint density at radius 2 is 1.33 bits per heavy atom. The second-order valence-corrected chi connectivity index (χ2v) is 6.01. The molecule has 2 aromatic rings. The van der Waals surface area contributed by atoms with Crippen molar-refractivity contribution in [1.29, 1.82) is 0 Å². The number of hydrogen-bond donors (Lipinski definition) is 1. The van der Waals surface area contributed by atoms with E-state index >= 15 is 0 Å². The number of rotatable bonds is 4. The molecule has 0 spiro atoms. The number of anilines is 1. The van der Waals surface area contributed by atoms with E-state index in [9.17, 15) is 31.1 Å². The van der Waals surface area contributed by atoms with Gasteiger partial charge in [-0.2, -0.15) is 0 Å². The van der Waals surface area contributed by atoms with Gasteiger partial charge in [0.1, 0.15) is 5.82 Å². The zero-order valence-electron chi connectivity index (χ0n) is 12.0. The standard InChI is InChI=1S/C15H9F6NOS/c1-6(15(23)22-8-4-2-7(16)3-5-8)24-14-12(20)10(18)9(17)11(19)13(14)21/h2-6H,1H3,(H,22,23)/t6-/m1/s1. The molecule has 0 aromatic heterocycles. The molecule has 128 valence electrons. The molecule has 1 N–H and O–H groups in total. The fourth-order valence-corrected chi connectivity index (χ4v) is 2.60. The molecular weight excluding hydrogens is 356 g/mol. The molecule has 0 bridgehead atoms. The summed E-state index contributed by atoms with van der Waals surface area (Å²) < 4.78 is 79.2. The van der Waals surface area contributed by atoms with E-state index in [1.165, 1.54) is 19.1 Å². The Morgan fingerprint density at radius 1 is 0.875 bits per heavy atom. The summed E-state index contributed by atoms with van der Waals surface area (Å²) >= 11 is 0.182. The summed E-state index contributed by atoms with van der Waals surface area (Å²) in [6.07, 6.45) is 0. The lowest BCUT2D eigenvalue weighted by atomic mass is 10.3. The van der Waals surface area contributed by atoms with E-state index in [0.29, 0.717) is 0 Å². The maximum atomic E-state index is 13.6. The third-order valence-electron chi connectivity index (χ3n) is 2.95. The quantitative estimate of drug-likeness (QED) is 0.370.